The Morgan fingerprint density at radius 2 is 2.00 bits per heavy atom. The van der Waals surface area contributed by atoms with Gasteiger partial charge in [0.05, 0.1) is 0 Å². The van der Waals surface area contributed by atoms with E-state index in [1.807, 2.05) is 0 Å². The number of nitrogens with zero attached hydrogens (tertiary/aromatic N) is 1. The van der Waals surface area contributed by atoms with E-state index in [2.05, 4.69) is 24.1 Å². The summed E-state index contributed by atoms with van der Waals surface area (Å²) in [7, 11) is 2.29. The van der Waals surface area contributed by atoms with Gasteiger partial charge in [-0.1, -0.05) is 12.2 Å². The van der Waals surface area contributed by atoms with Crippen LogP contribution in [0.5, 0.6) is 0 Å². The van der Waals surface area contributed by atoms with Gasteiger partial charge in [-0.25, -0.2) is 0 Å². The predicted molar refractivity (Wildman–Crippen MR) is 54.4 cm³/mol. The first-order valence-electron chi connectivity index (χ1n) is 5.70. The topological polar surface area (TPSA) is 3.24 Å². The molecule has 13 heavy (non-hydrogen) atoms. The van der Waals surface area contributed by atoms with Crippen LogP contribution in [0.4, 0.5) is 0 Å². The molecule has 4 rings (SSSR count). The summed E-state index contributed by atoms with van der Waals surface area (Å²) in [5.41, 5.74) is 0. The van der Waals surface area contributed by atoms with Crippen molar-refractivity contribution in [3.05, 3.63) is 12.2 Å². The van der Waals surface area contributed by atoms with Crippen LogP contribution in [0.2, 0.25) is 0 Å². The maximum atomic E-state index is 2.54. The molecule has 1 saturated carbocycles. The lowest BCUT2D eigenvalue weighted by atomic mass is 9.69. The summed E-state index contributed by atoms with van der Waals surface area (Å²) < 4.78 is 0. The molecule has 0 spiro atoms. The standard InChI is InChI=1S/C12H19N/c1-13-7-11-9-3-2-4-10(6-5-9)12(11)8-13/h2-3,9-12H,4-8H2,1H3. The summed E-state index contributed by atoms with van der Waals surface area (Å²) in [4.78, 5) is 2.54. The van der Waals surface area contributed by atoms with Crippen LogP contribution >= 0.6 is 0 Å². The van der Waals surface area contributed by atoms with Gasteiger partial charge in [-0.2, -0.15) is 0 Å². The Bertz CT molecular complexity index is 233. The summed E-state index contributed by atoms with van der Waals surface area (Å²) in [6, 6.07) is 0. The molecule has 0 amide bonds. The molecule has 1 aliphatic heterocycles. The lowest BCUT2D eigenvalue weighted by Crippen LogP contribution is -2.30. The van der Waals surface area contributed by atoms with Gasteiger partial charge in [0.25, 0.3) is 0 Å². The Kier molecular flexibility index (Phi) is 1.76. The highest BCUT2D eigenvalue weighted by atomic mass is 15.1. The minimum Gasteiger partial charge on any atom is -0.306 e. The molecule has 2 fully saturated rings. The zero-order valence-electron chi connectivity index (χ0n) is 8.45. The Hall–Kier alpha value is -0.300. The Balaban J connectivity index is 1.91. The van der Waals surface area contributed by atoms with E-state index in [0.717, 1.165) is 23.7 Å². The van der Waals surface area contributed by atoms with Crippen LogP contribution in [0.1, 0.15) is 19.3 Å². The highest BCUT2D eigenvalue weighted by molar-refractivity contribution is 5.06. The molecule has 4 unspecified atom stereocenters. The number of allylic oxidation sites excluding steroid dienone is 2. The molecule has 72 valence electrons. The molecule has 1 heteroatoms. The Morgan fingerprint density at radius 3 is 2.92 bits per heavy atom. The quantitative estimate of drug-likeness (QED) is 0.512. The van der Waals surface area contributed by atoms with Gasteiger partial charge >= 0.3 is 0 Å². The fourth-order valence-electron chi connectivity index (χ4n) is 3.81. The molecule has 2 bridgehead atoms. The van der Waals surface area contributed by atoms with E-state index in [1.54, 1.807) is 0 Å². The molecular weight excluding hydrogens is 158 g/mol. The van der Waals surface area contributed by atoms with E-state index < -0.39 is 0 Å². The number of likely N-dealkylation sites (tertiary alicyclic amines) is 1. The molecule has 1 nitrogen and oxygen atoms in total. The summed E-state index contributed by atoms with van der Waals surface area (Å²) in [6.45, 7) is 2.73. The van der Waals surface area contributed by atoms with Gasteiger partial charge in [-0.15, -0.1) is 0 Å². The molecule has 0 radical (unpaired) electrons. The van der Waals surface area contributed by atoms with E-state index >= 15 is 0 Å². The van der Waals surface area contributed by atoms with Crippen LogP contribution in [-0.2, 0) is 0 Å². The van der Waals surface area contributed by atoms with Crippen molar-refractivity contribution in [3.63, 3.8) is 0 Å². The van der Waals surface area contributed by atoms with Crippen LogP contribution in [0.25, 0.3) is 0 Å². The molecule has 4 aliphatic rings. The van der Waals surface area contributed by atoms with Crippen LogP contribution < -0.4 is 0 Å². The van der Waals surface area contributed by atoms with Crippen LogP contribution in [0.15, 0.2) is 12.2 Å². The minimum absolute atomic E-state index is 0.925. The third-order valence-electron chi connectivity index (χ3n) is 4.44. The second kappa shape index (κ2) is 2.84. The van der Waals surface area contributed by atoms with E-state index in [9.17, 15) is 0 Å². The highest BCUT2D eigenvalue weighted by Crippen LogP contribution is 2.47. The monoisotopic (exact) mass is 177 g/mol. The zero-order chi connectivity index (χ0) is 8.84. The molecule has 3 aliphatic carbocycles. The van der Waals surface area contributed by atoms with Gasteiger partial charge in [-0.3, -0.25) is 0 Å². The largest absolute Gasteiger partial charge is 0.306 e. The van der Waals surface area contributed by atoms with Crippen molar-refractivity contribution in [2.45, 2.75) is 19.3 Å². The van der Waals surface area contributed by atoms with Crippen molar-refractivity contribution in [1.82, 2.24) is 4.90 Å². The van der Waals surface area contributed by atoms with Gasteiger partial charge in [-0.05, 0) is 50.0 Å². The van der Waals surface area contributed by atoms with Gasteiger partial charge in [0, 0.05) is 13.1 Å². The molecular formula is C12H19N. The van der Waals surface area contributed by atoms with Crippen LogP contribution in [0, 0.1) is 23.7 Å². The average Bonchev–Trinajstić information content (AvgIpc) is 2.35. The normalized spacial score (nSPS) is 49.3. The van der Waals surface area contributed by atoms with Gasteiger partial charge in [0.15, 0.2) is 0 Å². The summed E-state index contributed by atoms with van der Waals surface area (Å²) in [6.07, 6.45) is 9.30. The lowest BCUT2D eigenvalue weighted by molar-refractivity contribution is 0.169. The second-order valence-electron chi connectivity index (χ2n) is 5.21. The van der Waals surface area contributed by atoms with Crippen LogP contribution in [-0.4, -0.2) is 25.0 Å². The maximum absolute atomic E-state index is 2.54. The van der Waals surface area contributed by atoms with E-state index in [1.165, 1.54) is 32.4 Å². The fourth-order valence-corrected chi connectivity index (χ4v) is 3.81. The smallest absolute Gasteiger partial charge is 0.00156 e. The second-order valence-corrected chi connectivity index (χ2v) is 5.21. The lowest BCUT2D eigenvalue weighted by Gasteiger charge is -2.35. The Morgan fingerprint density at radius 1 is 1.15 bits per heavy atom. The van der Waals surface area contributed by atoms with E-state index in [0.29, 0.717) is 0 Å². The predicted octanol–water partition coefficient (Wildman–Crippen LogP) is 2.15. The Labute approximate surface area is 80.8 Å². The van der Waals surface area contributed by atoms with Gasteiger partial charge in [0.1, 0.15) is 0 Å². The molecule has 4 atom stereocenters. The maximum Gasteiger partial charge on any atom is 0.00156 e. The molecule has 0 aromatic heterocycles. The van der Waals surface area contributed by atoms with Crippen molar-refractivity contribution in [2.24, 2.45) is 23.7 Å². The van der Waals surface area contributed by atoms with Crippen molar-refractivity contribution >= 4 is 0 Å². The third-order valence-corrected chi connectivity index (χ3v) is 4.44. The van der Waals surface area contributed by atoms with Crippen molar-refractivity contribution in [1.29, 1.82) is 0 Å². The van der Waals surface area contributed by atoms with E-state index in [-0.39, 0.29) is 0 Å². The molecule has 1 heterocycles. The number of hydrogen-bond donors (Lipinski definition) is 0. The average molecular weight is 177 g/mol. The van der Waals surface area contributed by atoms with Crippen molar-refractivity contribution in [3.8, 4) is 0 Å². The fraction of sp³-hybridized carbons (Fsp3) is 0.833. The van der Waals surface area contributed by atoms with Crippen molar-refractivity contribution in [2.75, 3.05) is 20.1 Å². The number of fused-ring (bicyclic) bond motifs is 2. The van der Waals surface area contributed by atoms with E-state index in [4.69, 9.17) is 0 Å². The number of hydrogen-bond acceptors (Lipinski definition) is 1. The molecule has 1 saturated heterocycles. The third kappa shape index (κ3) is 1.17. The summed E-state index contributed by atoms with van der Waals surface area (Å²) in [5.74, 6) is 3.97. The first-order valence-corrected chi connectivity index (χ1v) is 5.70. The number of rotatable bonds is 0. The van der Waals surface area contributed by atoms with Crippen molar-refractivity contribution < 1.29 is 0 Å². The zero-order valence-corrected chi connectivity index (χ0v) is 8.45. The summed E-state index contributed by atoms with van der Waals surface area (Å²) in [5, 5.41) is 0. The molecule has 0 aromatic rings. The van der Waals surface area contributed by atoms with Gasteiger partial charge < -0.3 is 4.90 Å². The highest BCUT2D eigenvalue weighted by Gasteiger charge is 2.43. The first kappa shape index (κ1) is 8.05. The summed E-state index contributed by atoms with van der Waals surface area (Å²) >= 11 is 0. The SMILES string of the molecule is CN1CC2C3C=CCC(CC3)C2C1. The molecule has 0 aromatic carbocycles. The van der Waals surface area contributed by atoms with Crippen LogP contribution in [0.3, 0.4) is 0 Å². The van der Waals surface area contributed by atoms with Gasteiger partial charge in [0.2, 0.25) is 0 Å². The molecule has 0 N–H and O–H groups in total. The minimum atomic E-state index is 0.925. The first-order chi connectivity index (χ1) is 6.34.